The molecule has 1 unspecified atom stereocenters. The number of benzene rings is 1. The summed E-state index contributed by atoms with van der Waals surface area (Å²) in [6.45, 7) is 2.10. The van der Waals surface area contributed by atoms with Crippen LogP contribution in [-0.2, 0) is 13.0 Å². The zero-order valence-corrected chi connectivity index (χ0v) is 12.4. The fraction of sp³-hybridized carbons (Fsp3) is 0.625. The predicted molar refractivity (Wildman–Crippen MR) is 79.7 cm³/mol. The summed E-state index contributed by atoms with van der Waals surface area (Å²) in [7, 11) is 5.93. The second-order valence-corrected chi connectivity index (χ2v) is 5.73. The Labute approximate surface area is 116 Å². The molecule has 1 atom stereocenters. The molecule has 3 nitrogen and oxygen atoms in total. The molecule has 19 heavy (non-hydrogen) atoms. The summed E-state index contributed by atoms with van der Waals surface area (Å²) in [6, 6.07) is 7.26. The van der Waals surface area contributed by atoms with Gasteiger partial charge in [0.2, 0.25) is 0 Å². The second kappa shape index (κ2) is 6.92. The number of methoxy groups -OCH3 is 1. The minimum atomic E-state index is 0.648. The molecule has 0 radical (unpaired) electrons. The van der Waals surface area contributed by atoms with Crippen LogP contribution in [0.4, 0.5) is 0 Å². The first-order valence-corrected chi connectivity index (χ1v) is 7.23. The summed E-state index contributed by atoms with van der Waals surface area (Å²) in [5, 5.41) is 3.61. The molecule has 1 N–H and O–H groups in total. The monoisotopic (exact) mass is 262 g/mol. The van der Waals surface area contributed by atoms with Crippen LogP contribution in [0.5, 0.6) is 5.75 Å². The quantitative estimate of drug-likeness (QED) is 0.882. The Morgan fingerprint density at radius 1 is 1.32 bits per heavy atom. The maximum absolute atomic E-state index is 5.45. The minimum absolute atomic E-state index is 0.648. The molecule has 1 aromatic carbocycles. The van der Waals surface area contributed by atoms with E-state index in [0.29, 0.717) is 6.04 Å². The van der Waals surface area contributed by atoms with E-state index in [1.54, 1.807) is 7.11 Å². The van der Waals surface area contributed by atoms with E-state index in [9.17, 15) is 0 Å². The third-order valence-corrected chi connectivity index (χ3v) is 3.73. The van der Waals surface area contributed by atoms with E-state index in [0.717, 1.165) is 18.7 Å². The van der Waals surface area contributed by atoms with Gasteiger partial charge in [-0.2, -0.15) is 0 Å². The van der Waals surface area contributed by atoms with Crippen molar-refractivity contribution in [3.05, 3.63) is 29.3 Å². The lowest BCUT2D eigenvalue weighted by Crippen LogP contribution is -2.35. The molecule has 0 saturated carbocycles. The molecule has 1 heterocycles. The summed E-state index contributed by atoms with van der Waals surface area (Å²) in [5.41, 5.74) is 2.69. The number of hydrogen-bond acceptors (Lipinski definition) is 3. The van der Waals surface area contributed by atoms with Gasteiger partial charge in [-0.25, -0.2) is 0 Å². The van der Waals surface area contributed by atoms with Crippen molar-refractivity contribution in [1.82, 2.24) is 10.2 Å². The van der Waals surface area contributed by atoms with E-state index in [1.165, 1.54) is 36.9 Å². The normalized spacial score (nSPS) is 19.7. The molecule has 106 valence electrons. The molecule has 1 saturated heterocycles. The van der Waals surface area contributed by atoms with Crippen molar-refractivity contribution in [2.24, 2.45) is 0 Å². The van der Waals surface area contributed by atoms with Gasteiger partial charge >= 0.3 is 0 Å². The van der Waals surface area contributed by atoms with Crippen molar-refractivity contribution in [3.63, 3.8) is 0 Å². The first kappa shape index (κ1) is 14.4. The number of piperidine rings is 1. The van der Waals surface area contributed by atoms with E-state index >= 15 is 0 Å². The van der Waals surface area contributed by atoms with Gasteiger partial charge in [0.15, 0.2) is 0 Å². The van der Waals surface area contributed by atoms with Crippen LogP contribution < -0.4 is 10.1 Å². The highest BCUT2D eigenvalue weighted by Crippen LogP contribution is 2.22. The predicted octanol–water partition coefficient (Wildman–Crippen LogP) is 2.44. The van der Waals surface area contributed by atoms with Crippen LogP contribution in [-0.4, -0.2) is 38.7 Å². The zero-order valence-electron chi connectivity index (χ0n) is 12.4. The van der Waals surface area contributed by atoms with Crippen LogP contribution in [0.2, 0.25) is 0 Å². The molecular formula is C16H26N2O. The molecular weight excluding hydrogens is 236 g/mol. The van der Waals surface area contributed by atoms with Crippen LogP contribution >= 0.6 is 0 Å². The maximum atomic E-state index is 5.45. The van der Waals surface area contributed by atoms with Gasteiger partial charge in [-0.15, -0.1) is 0 Å². The van der Waals surface area contributed by atoms with Crippen molar-refractivity contribution >= 4 is 0 Å². The van der Waals surface area contributed by atoms with Crippen LogP contribution in [0.1, 0.15) is 30.4 Å². The number of hydrogen-bond donors (Lipinski definition) is 1. The fourth-order valence-electron chi connectivity index (χ4n) is 2.81. The van der Waals surface area contributed by atoms with Gasteiger partial charge in [0, 0.05) is 18.2 Å². The summed E-state index contributed by atoms with van der Waals surface area (Å²) < 4.78 is 5.45. The fourth-order valence-corrected chi connectivity index (χ4v) is 2.81. The summed E-state index contributed by atoms with van der Waals surface area (Å²) in [6.07, 6.45) is 5.11. The highest BCUT2D eigenvalue weighted by Gasteiger charge is 2.14. The first-order chi connectivity index (χ1) is 9.19. The van der Waals surface area contributed by atoms with Gasteiger partial charge in [0.05, 0.1) is 7.11 Å². The standard InChI is InChI=1S/C16H26N2O/c1-18(2)12-14-10-13(7-8-16(14)19-3)11-15-6-4-5-9-17-15/h7-8,10,15,17H,4-6,9,11-12H2,1-3H3. The number of nitrogens with zero attached hydrogens (tertiary/aromatic N) is 1. The number of ether oxygens (including phenoxy) is 1. The average molecular weight is 262 g/mol. The Morgan fingerprint density at radius 3 is 2.79 bits per heavy atom. The van der Waals surface area contributed by atoms with E-state index in [4.69, 9.17) is 4.74 Å². The van der Waals surface area contributed by atoms with Gasteiger partial charge < -0.3 is 15.0 Å². The Hall–Kier alpha value is -1.06. The molecule has 3 heteroatoms. The smallest absolute Gasteiger partial charge is 0.123 e. The molecule has 0 bridgehead atoms. The highest BCUT2D eigenvalue weighted by molar-refractivity contribution is 5.37. The lowest BCUT2D eigenvalue weighted by atomic mass is 9.96. The van der Waals surface area contributed by atoms with E-state index in [2.05, 4.69) is 42.5 Å². The molecule has 0 amide bonds. The third kappa shape index (κ3) is 4.22. The summed E-state index contributed by atoms with van der Waals surface area (Å²) in [5.74, 6) is 0.994. The number of nitrogens with one attached hydrogen (secondary N) is 1. The first-order valence-electron chi connectivity index (χ1n) is 7.23. The van der Waals surface area contributed by atoms with Crippen molar-refractivity contribution in [2.45, 2.75) is 38.3 Å². The molecule has 1 aliphatic heterocycles. The molecule has 1 aliphatic rings. The highest BCUT2D eigenvalue weighted by atomic mass is 16.5. The molecule has 0 spiro atoms. The van der Waals surface area contributed by atoms with Crippen LogP contribution in [0, 0.1) is 0 Å². The van der Waals surface area contributed by atoms with Crippen molar-refractivity contribution in [2.75, 3.05) is 27.7 Å². The molecule has 1 aromatic rings. The van der Waals surface area contributed by atoms with E-state index < -0.39 is 0 Å². The Kier molecular flexibility index (Phi) is 5.23. The summed E-state index contributed by atoms with van der Waals surface area (Å²) >= 11 is 0. The molecule has 1 fully saturated rings. The van der Waals surface area contributed by atoms with Gasteiger partial charge in [0.25, 0.3) is 0 Å². The van der Waals surface area contributed by atoms with Crippen LogP contribution in [0.15, 0.2) is 18.2 Å². The topological polar surface area (TPSA) is 24.5 Å². The maximum Gasteiger partial charge on any atom is 0.123 e. The zero-order chi connectivity index (χ0) is 13.7. The van der Waals surface area contributed by atoms with E-state index in [1.807, 2.05) is 0 Å². The van der Waals surface area contributed by atoms with Crippen molar-refractivity contribution < 1.29 is 4.74 Å². The Bertz CT molecular complexity index is 398. The third-order valence-electron chi connectivity index (χ3n) is 3.73. The number of rotatable bonds is 5. The molecule has 0 aliphatic carbocycles. The van der Waals surface area contributed by atoms with Gasteiger partial charge in [-0.1, -0.05) is 18.6 Å². The molecule has 2 rings (SSSR count). The van der Waals surface area contributed by atoms with Crippen molar-refractivity contribution in [3.8, 4) is 5.75 Å². The van der Waals surface area contributed by atoms with Crippen molar-refractivity contribution in [1.29, 1.82) is 0 Å². The van der Waals surface area contributed by atoms with E-state index in [-0.39, 0.29) is 0 Å². The average Bonchev–Trinajstić information content (AvgIpc) is 2.39. The second-order valence-electron chi connectivity index (χ2n) is 5.73. The minimum Gasteiger partial charge on any atom is -0.496 e. The van der Waals surface area contributed by atoms with Gasteiger partial charge in [0.1, 0.15) is 5.75 Å². The Balaban J connectivity index is 2.07. The SMILES string of the molecule is COc1ccc(CC2CCCCN2)cc1CN(C)C. The lowest BCUT2D eigenvalue weighted by Gasteiger charge is -2.24. The molecule has 0 aromatic heterocycles. The van der Waals surface area contributed by atoms with Crippen LogP contribution in [0.3, 0.4) is 0 Å². The van der Waals surface area contributed by atoms with Gasteiger partial charge in [-0.3, -0.25) is 0 Å². The summed E-state index contributed by atoms with van der Waals surface area (Å²) in [4.78, 5) is 2.18. The lowest BCUT2D eigenvalue weighted by molar-refractivity contribution is 0.370. The van der Waals surface area contributed by atoms with Gasteiger partial charge in [-0.05, 0) is 51.5 Å². The largest absolute Gasteiger partial charge is 0.496 e. The van der Waals surface area contributed by atoms with Crippen LogP contribution in [0.25, 0.3) is 0 Å². The Morgan fingerprint density at radius 2 is 2.16 bits per heavy atom.